The molecule has 2 rings (SSSR count). The second kappa shape index (κ2) is 4.61. The van der Waals surface area contributed by atoms with E-state index < -0.39 is 0 Å². The van der Waals surface area contributed by atoms with Gasteiger partial charge in [0.25, 0.3) is 0 Å². The standard InChI is InChI=1S/C13H18O/c14-9-8-11-6-7-13(10-11)12-4-2-1-3-5-12/h1-5,11,13-14H,6-10H2. The molecule has 1 heteroatoms. The van der Waals surface area contributed by atoms with Gasteiger partial charge in [-0.2, -0.15) is 0 Å². The molecule has 0 amide bonds. The molecule has 1 fully saturated rings. The quantitative estimate of drug-likeness (QED) is 0.777. The molecule has 1 aromatic carbocycles. The van der Waals surface area contributed by atoms with Crippen LogP contribution < -0.4 is 0 Å². The minimum absolute atomic E-state index is 0.353. The van der Waals surface area contributed by atoms with Gasteiger partial charge in [0, 0.05) is 6.61 Å². The van der Waals surface area contributed by atoms with Gasteiger partial charge in [-0.05, 0) is 43.1 Å². The van der Waals surface area contributed by atoms with Crippen LogP contribution in [0, 0.1) is 5.92 Å². The van der Waals surface area contributed by atoms with Crippen molar-refractivity contribution in [1.29, 1.82) is 0 Å². The fourth-order valence-electron chi connectivity index (χ4n) is 2.55. The van der Waals surface area contributed by atoms with Gasteiger partial charge in [-0.15, -0.1) is 0 Å². The molecule has 0 aliphatic heterocycles. The molecular weight excluding hydrogens is 172 g/mol. The van der Waals surface area contributed by atoms with Crippen molar-refractivity contribution in [2.24, 2.45) is 5.92 Å². The lowest BCUT2D eigenvalue weighted by Gasteiger charge is -2.10. The fourth-order valence-corrected chi connectivity index (χ4v) is 2.55. The van der Waals surface area contributed by atoms with Crippen molar-refractivity contribution in [3.05, 3.63) is 35.9 Å². The Morgan fingerprint density at radius 3 is 2.64 bits per heavy atom. The smallest absolute Gasteiger partial charge is 0.0433 e. The van der Waals surface area contributed by atoms with E-state index in [-0.39, 0.29) is 0 Å². The molecule has 2 atom stereocenters. The Labute approximate surface area is 85.8 Å². The van der Waals surface area contributed by atoms with E-state index in [1.807, 2.05) is 0 Å². The van der Waals surface area contributed by atoms with Crippen LogP contribution in [0.3, 0.4) is 0 Å². The number of hydrogen-bond acceptors (Lipinski definition) is 1. The SMILES string of the molecule is OCCC1CCC(c2ccccc2)C1. The molecule has 1 nitrogen and oxygen atoms in total. The molecule has 1 N–H and O–H groups in total. The molecule has 0 radical (unpaired) electrons. The van der Waals surface area contributed by atoms with Gasteiger partial charge < -0.3 is 5.11 Å². The molecule has 2 unspecified atom stereocenters. The second-order valence-corrected chi connectivity index (χ2v) is 4.30. The molecule has 0 spiro atoms. The van der Waals surface area contributed by atoms with Crippen molar-refractivity contribution in [2.45, 2.75) is 31.6 Å². The van der Waals surface area contributed by atoms with E-state index in [0.29, 0.717) is 6.61 Å². The largest absolute Gasteiger partial charge is 0.396 e. The molecule has 14 heavy (non-hydrogen) atoms. The monoisotopic (exact) mass is 190 g/mol. The van der Waals surface area contributed by atoms with Crippen LogP contribution in [-0.4, -0.2) is 11.7 Å². The summed E-state index contributed by atoms with van der Waals surface area (Å²) in [4.78, 5) is 0. The first kappa shape index (κ1) is 9.72. The number of aliphatic hydroxyl groups is 1. The van der Waals surface area contributed by atoms with Crippen LogP contribution >= 0.6 is 0 Å². The fraction of sp³-hybridized carbons (Fsp3) is 0.538. The zero-order chi connectivity index (χ0) is 9.80. The average molecular weight is 190 g/mol. The van der Waals surface area contributed by atoms with Gasteiger partial charge in [0.05, 0.1) is 0 Å². The lowest BCUT2D eigenvalue weighted by molar-refractivity contribution is 0.257. The maximum Gasteiger partial charge on any atom is 0.0433 e. The molecule has 0 heterocycles. The van der Waals surface area contributed by atoms with Gasteiger partial charge in [0.2, 0.25) is 0 Å². The third-order valence-corrected chi connectivity index (χ3v) is 3.35. The van der Waals surface area contributed by atoms with E-state index in [0.717, 1.165) is 18.3 Å². The highest BCUT2D eigenvalue weighted by molar-refractivity contribution is 5.20. The molecule has 1 saturated carbocycles. The summed E-state index contributed by atoms with van der Waals surface area (Å²) in [7, 11) is 0. The van der Waals surface area contributed by atoms with Crippen LogP contribution in [0.4, 0.5) is 0 Å². The summed E-state index contributed by atoms with van der Waals surface area (Å²) in [5.41, 5.74) is 1.48. The van der Waals surface area contributed by atoms with E-state index >= 15 is 0 Å². The van der Waals surface area contributed by atoms with Crippen LogP contribution in [0.1, 0.15) is 37.2 Å². The van der Waals surface area contributed by atoms with Gasteiger partial charge in [0.1, 0.15) is 0 Å². The number of benzene rings is 1. The zero-order valence-electron chi connectivity index (χ0n) is 8.52. The molecule has 1 aliphatic carbocycles. The topological polar surface area (TPSA) is 20.2 Å². The third kappa shape index (κ3) is 2.16. The number of hydrogen-bond donors (Lipinski definition) is 1. The zero-order valence-corrected chi connectivity index (χ0v) is 8.52. The maximum absolute atomic E-state index is 8.88. The maximum atomic E-state index is 8.88. The van der Waals surface area contributed by atoms with E-state index in [1.54, 1.807) is 0 Å². The Morgan fingerprint density at radius 2 is 1.93 bits per heavy atom. The minimum Gasteiger partial charge on any atom is -0.396 e. The first-order chi connectivity index (χ1) is 6.90. The third-order valence-electron chi connectivity index (χ3n) is 3.35. The van der Waals surface area contributed by atoms with Crippen LogP contribution in [-0.2, 0) is 0 Å². The normalized spacial score (nSPS) is 26.6. The number of rotatable bonds is 3. The average Bonchev–Trinajstić information content (AvgIpc) is 2.68. The molecule has 76 valence electrons. The van der Waals surface area contributed by atoms with Crippen LogP contribution in [0.15, 0.2) is 30.3 Å². The predicted octanol–water partition coefficient (Wildman–Crippen LogP) is 2.95. The summed E-state index contributed by atoms with van der Waals surface area (Å²) in [6.45, 7) is 0.353. The molecule has 0 aromatic heterocycles. The van der Waals surface area contributed by atoms with Gasteiger partial charge in [-0.3, -0.25) is 0 Å². The van der Waals surface area contributed by atoms with Crippen LogP contribution in [0.25, 0.3) is 0 Å². The van der Waals surface area contributed by atoms with Crippen molar-refractivity contribution in [3.63, 3.8) is 0 Å². The van der Waals surface area contributed by atoms with E-state index in [1.165, 1.54) is 24.8 Å². The molecule has 0 bridgehead atoms. The Morgan fingerprint density at radius 1 is 1.14 bits per heavy atom. The van der Waals surface area contributed by atoms with Crippen LogP contribution in [0.5, 0.6) is 0 Å². The number of aliphatic hydroxyl groups excluding tert-OH is 1. The van der Waals surface area contributed by atoms with Crippen molar-refractivity contribution in [2.75, 3.05) is 6.61 Å². The predicted molar refractivity (Wildman–Crippen MR) is 58.2 cm³/mol. The molecule has 1 aromatic rings. The lowest BCUT2D eigenvalue weighted by Crippen LogP contribution is -1.98. The van der Waals surface area contributed by atoms with Crippen molar-refractivity contribution >= 4 is 0 Å². The van der Waals surface area contributed by atoms with E-state index in [9.17, 15) is 0 Å². The van der Waals surface area contributed by atoms with E-state index in [2.05, 4.69) is 30.3 Å². The van der Waals surface area contributed by atoms with Gasteiger partial charge >= 0.3 is 0 Å². The second-order valence-electron chi connectivity index (χ2n) is 4.30. The van der Waals surface area contributed by atoms with Gasteiger partial charge in [0.15, 0.2) is 0 Å². The van der Waals surface area contributed by atoms with Gasteiger partial charge in [-0.1, -0.05) is 30.3 Å². The van der Waals surface area contributed by atoms with Crippen LogP contribution in [0.2, 0.25) is 0 Å². The Balaban J connectivity index is 1.96. The summed E-state index contributed by atoms with van der Waals surface area (Å²) in [6.07, 6.45) is 4.85. The Hall–Kier alpha value is -0.820. The summed E-state index contributed by atoms with van der Waals surface area (Å²) < 4.78 is 0. The van der Waals surface area contributed by atoms with Crippen molar-refractivity contribution in [1.82, 2.24) is 0 Å². The summed E-state index contributed by atoms with van der Waals surface area (Å²) >= 11 is 0. The minimum atomic E-state index is 0.353. The lowest BCUT2D eigenvalue weighted by atomic mass is 9.96. The summed E-state index contributed by atoms with van der Waals surface area (Å²) in [5, 5.41) is 8.88. The molecule has 0 saturated heterocycles. The summed E-state index contributed by atoms with van der Waals surface area (Å²) in [5.74, 6) is 1.50. The highest BCUT2D eigenvalue weighted by atomic mass is 16.3. The van der Waals surface area contributed by atoms with Gasteiger partial charge in [-0.25, -0.2) is 0 Å². The van der Waals surface area contributed by atoms with E-state index in [4.69, 9.17) is 5.11 Å². The summed E-state index contributed by atoms with van der Waals surface area (Å²) in [6, 6.07) is 10.8. The molecule has 1 aliphatic rings. The first-order valence-corrected chi connectivity index (χ1v) is 5.56. The first-order valence-electron chi connectivity index (χ1n) is 5.56. The Bertz CT molecular complexity index is 268. The molecular formula is C13H18O. The van der Waals surface area contributed by atoms with Crippen molar-refractivity contribution < 1.29 is 5.11 Å². The van der Waals surface area contributed by atoms with Crippen molar-refractivity contribution in [3.8, 4) is 0 Å². The Kier molecular flexibility index (Phi) is 3.20. The highest BCUT2D eigenvalue weighted by Crippen LogP contribution is 2.39. The highest BCUT2D eigenvalue weighted by Gasteiger charge is 2.24.